The Morgan fingerprint density at radius 3 is 1.71 bits per heavy atom. The number of rotatable bonds is 7. The highest BCUT2D eigenvalue weighted by molar-refractivity contribution is 5.71. The van der Waals surface area contributed by atoms with Crippen molar-refractivity contribution in [1.29, 1.82) is 0 Å². The Bertz CT molecular complexity index is 1450. The summed E-state index contributed by atoms with van der Waals surface area (Å²) < 4.78 is 131. The minimum absolute atomic E-state index is 0.0351. The van der Waals surface area contributed by atoms with Gasteiger partial charge >= 0.3 is 6.11 Å². The van der Waals surface area contributed by atoms with Gasteiger partial charge in [-0.2, -0.15) is 8.78 Å². The van der Waals surface area contributed by atoms with E-state index in [2.05, 4.69) is 4.74 Å². The largest absolute Gasteiger partial charge is 0.432 e. The molecule has 0 fully saturated rings. The fourth-order valence-electron chi connectivity index (χ4n) is 3.93. The summed E-state index contributed by atoms with van der Waals surface area (Å²) >= 11 is 0. The number of aryl methyl sites for hydroxylation is 1. The number of hydrogen-bond acceptors (Lipinski definition) is 1. The lowest BCUT2D eigenvalue weighted by atomic mass is 9.97. The second-order valence-corrected chi connectivity index (χ2v) is 8.36. The van der Waals surface area contributed by atoms with Crippen LogP contribution >= 0.6 is 0 Å². The highest BCUT2D eigenvalue weighted by Gasteiger charge is 2.41. The summed E-state index contributed by atoms with van der Waals surface area (Å²) in [5.74, 6) is -12.3. The van der Waals surface area contributed by atoms with Crippen LogP contribution in [0.15, 0.2) is 60.7 Å². The highest BCUT2D eigenvalue weighted by atomic mass is 19.3. The van der Waals surface area contributed by atoms with Crippen LogP contribution in [-0.4, -0.2) is 0 Å². The summed E-state index contributed by atoms with van der Waals surface area (Å²) in [4.78, 5) is 0. The first-order valence-corrected chi connectivity index (χ1v) is 11.2. The molecule has 38 heavy (non-hydrogen) atoms. The molecule has 0 spiro atoms. The summed E-state index contributed by atoms with van der Waals surface area (Å²) in [6.07, 6.45) is -3.74. The molecule has 0 saturated carbocycles. The summed E-state index contributed by atoms with van der Waals surface area (Å²) in [5.41, 5.74) is -1.39. The van der Waals surface area contributed by atoms with Crippen LogP contribution in [0.3, 0.4) is 0 Å². The van der Waals surface area contributed by atoms with Gasteiger partial charge in [-0.25, -0.2) is 30.7 Å². The Morgan fingerprint density at radius 2 is 1.16 bits per heavy atom. The van der Waals surface area contributed by atoms with Gasteiger partial charge < -0.3 is 4.74 Å². The molecule has 0 amide bonds. The Kier molecular flexibility index (Phi) is 7.44. The second kappa shape index (κ2) is 10.4. The minimum atomic E-state index is -4.72. The first-order valence-electron chi connectivity index (χ1n) is 11.2. The SMILES string of the molecule is CCCc1ccc(-c2ccc(-c3cc(F)c(C(F)(F)Oc4cc(F)c(F)c(F)c4)c(F)c3)cc2)c(F)c1F. The van der Waals surface area contributed by atoms with Gasteiger partial charge in [-0.3, -0.25) is 0 Å². The third kappa shape index (κ3) is 5.20. The van der Waals surface area contributed by atoms with E-state index >= 15 is 0 Å². The molecule has 0 aliphatic heterocycles. The van der Waals surface area contributed by atoms with E-state index in [1.54, 1.807) is 0 Å². The number of ether oxygens (including phenoxy) is 1. The average molecular weight is 540 g/mol. The molecule has 10 heteroatoms. The third-order valence-electron chi connectivity index (χ3n) is 5.75. The van der Waals surface area contributed by atoms with Gasteiger partial charge in [-0.1, -0.05) is 49.7 Å². The zero-order valence-electron chi connectivity index (χ0n) is 19.5. The van der Waals surface area contributed by atoms with Crippen LogP contribution in [0.2, 0.25) is 0 Å². The maximum atomic E-state index is 14.7. The van der Waals surface area contributed by atoms with E-state index in [0.717, 1.165) is 0 Å². The molecule has 0 radical (unpaired) electrons. The average Bonchev–Trinajstić information content (AvgIpc) is 2.85. The number of hydrogen-bond donors (Lipinski definition) is 0. The topological polar surface area (TPSA) is 9.23 Å². The molecule has 0 atom stereocenters. The zero-order chi connectivity index (χ0) is 27.8. The Hall–Kier alpha value is -3.95. The first-order chi connectivity index (χ1) is 17.9. The van der Waals surface area contributed by atoms with Gasteiger partial charge in [-0.05, 0) is 40.8 Å². The molecule has 4 aromatic rings. The summed E-state index contributed by atoms with van der Waals surface area (Å²) in [6, 6.07) is 9.63. The van der Waals surface area contributed by atoms with E-state index < -0.39 is 58.1 Å². The van der Waals surface area contributed by atoms with E-state index in [9.17, 15) is 39.5 Å². The van der Waals surface area contributed by atoms with Crippen LogP contribution in [0, 0.1) is 40.7 Å². The number of benzene rings is 4. The quantitative estimate of drug-likeness (QED) is 0.168. The van der Waals surface area contributed by atoms with Crippen LogP contribution in [0.25, 0.3) is 22.3 Å². The maximum absolute atomic E-state index is 14.7. The highest BCUT2D eigenvalue weighted by Crippen LogP contribution is 2.38. The number of alkyl halides is 2. The maximum Gasteiger partial charge on any atom is 0.432 e. The summed E-state index contributed by atoms with van der Waals surface area (Å²) in [6.45, 7) is 1.82. The molecule has 0 aliphatic carbocycles. The standard InChI is InChI=1S/C28H17F9O/c1-2-3-16-8-9-19(26(34)25(16)33)15-6-4-14(5-7-15)17-10-20(29)24(21(30)11-17)28(36,37)38-18-12-22(31)27(35)23(32)13-18/h4-13H,2-3H2,1H3. The molecule has 0 aliphatic rings. The van der Waals surface area contributed by atoms with Crippen molar-refractivity contribution in [3.05, 3.63) is 113 Å². The summed E-state index contributed by atoms with van der Waals surface area (Å²) in [5, 5.41) is 0. The van der Waals surface area contributed by atoms with E-state index in [0.29, 0.717) is 25.0 Å². The molecular weight excluding hydrogens is 523 g/mol. The van der Waals surface area contributed by atoms with Gasteiger partial charge in [0, 0.05) is 17.7 Å². The zero-order valence-corrected chi connectivity index (χ0v) is 19.5. The monoisotopic (exact) mass is 540 g/mol. The van der Waals surface area contributed by atoms with E-state index in [4.69, 9.17) is 0 Å². The molecule has 0 bridgehead atoms. The Morgan fingerprint density at radius 1 is 0.605 bits per heavy atom. The van der Waals surface area contributed by atoms with Gasteiger partial charge in [0.2, 0.25) is 0 Å². The van der Waals surface area contributed by atoms with Crippen molar-refractivity contribution in [1.82, 2.24) is 0 Å². The fraction of sp³-hybridized carbons (Fsp3) is 0.143. The molecule has 4 rings (SSSR count). The molecule has 0 unspecified atom stereocenters. The molecule has 198 valence electrons. The summed E-state index contributed by atoms with van der Waals surface area (Å²) in [7, 11) is 0. The number of halogens is 9. The Balaban J connectivity index is 1.63. The van der Waals surface area contributed by atoms with Crippen molar-refractivity contribution in [3.8, 4) is 28.0 Å². The molecule has 0 N–H and O–H groups in total. The minimum Gasteiger partial charge on any atom is -0.429 e. The predicted molar refractivity (Wildman–Crippen MR) is 122 cm³/mol. The van der Waals surface area contributed by atoms with Gasteiger partial charge in [0.05, 0.1) is 0 Å². The van der Waals surface area contributed by atoms with Crippen LogP contribution in [0.4, 0.5) is 39.5 Å². The van der Waals surface area contributed by atoms with E-state index in [1.165, 1.54) is 36.4 Å². The predicted octanol–water partition coefficient (Wildman–Crippen LogP) is 9.08. The van der Waals surface area contributed by atoms with Gasteiger partial charge in [-0.15, -0.1) is 0 Å². The van der Waals surface area contributed by atoms with Crippen molar-refractivity contribution < 1.29 is 44.3 Å². The van der Waals surface area contributed by atoms with Crippen LogP contribution in [0.1, 0.15) is 24.5 Å². The van der Waals surface area contributed by atoms with Crippen LogP contribution < -0.4 is 4.74 Å². The van der Waals surface area contributed by atoms with Crippen molar-refractivity contribution in [2.75, 3.05) is 0 Å². The third-order valence-corrected chi connectivity index (χ3v) is 5.75. The fourth-order valence-corrected chi connectivity index (χ4v) is 3.93. The van der Waals surface area contributed by atoms with Crippen molar-refractivity contribution in [3.63, 3.8) is 0 Å². The normalized spacial score (nSPS) is 11.6. The van der Waals surface area contributed by atoms with Crippen molar-refractivity contribution in [2.45, 2.75) is 25.9 Å². The van der Waals surface area contributed by atoms with Crippen molar-refractivity contribution in [2.24, 2.45) is 0 Å². The van der Waals surface area contributed by atoms with Gasteiger partial charge in [0.1, 0.15) is 22.9 Å². The molecular formula is C28H17F9O. The van der Waals surface area contributed by atoms with Crippen LogP contribution in [0.5, 0.6) is 5.75 Å². The first kappa shape index (κ1) is 27.1. The van der Waals surface area contributed by atoms with Gasteiger partial charge in [0.25, 0.3) is 0 Å². The Labute approximate surface area is 211 Å². The molecule has 0 aromatic heterocycles. The van der Waals surface area contributed by atoms with Gasteiger partial charge in [0.15, 0.2) is 29.1 Å². The molecule has 1 nitrogen and oxygen atoms in total. The lowest BCUT2D eigenvalue weighted by Gasteiger charge is -2.20. The van der Waals surface area contributed by atoms with Crippen molar-refractivity contribution >= 4 is 0 Å². The lowest BCUT2D eigenvalue weighted by Crippen LogP contribution is -2.25. The molecule has 0 saturated heterocycles. The van der Waals surface area contributed by atoms with E-state index in [1.807, 2.05) is 6.92 Å². The van der Waals surface area contributed by atoms with E-state index in [-0.39, 0.29) is 39.9 Å². The molecule has 0 heterocycles. The smallest absolute Gasteiger partial charge is 0.429 e. The van der Waals surface area contributed by atoms with Crippen LogP contribution in [-0.2, 0) is 12.5 Å². The second-order valence-electron chi connectivity index (χ2n) is 8.36. The molecule has 4 aromatic carbocycles. The lowest BCUT2D eigenvalue weighted by molar-refractivity contribution is -0.189.